The van der Waals surface area contributed by atoms with Crippen LogP contribution in [0.15, 0.2) is 18.2 Å². The van der Waals surface area contributed by atoms with Crippen LogP contribution >= 0.6 is 11.8 Å². The summed E-state index contributed by atoms with van der Waals surface area (Å²) in [5, 5.41) is 0. The number of nitrogen functional groups attached to an aromatic ring is 1. The third-order valence-electron chi connectivity index (χ3n) is 2.76. The van der Waals surface area contributed by atoms with Crippen LogP contribution in [-0.4, -0.2) is 40.4 Å². The topological polar surface area (TPSA) is 59.2 Å². The average molecular weight is 237 g/mol. The second-order valence-electron chi connectivity index (χ2n) is 3.88. The first-order chi connectivity index (χ1) is 7.68. The van der Waals surface area contributed by atoms with Crippen molar-refractivity contribution in [3.8, 4) is 0 Å². The van der Waals surface area contributed by atoms with Crippen LogP contribution in [0.4, 0.5) is 5.82 Å². The smallest absolute Gasteiger partial charge is 0.272 e. The molecule has 16 heavy (non-hydrogen) atoms. The molecule has 0 spiro atoms. The minimum absolute atomic E-state index is 0.0419. The quantitative estimate of drug-likeness (QED) is 0.840. The van der Waals surface area contributed by atoms with Crippen LogP contribution in [0.25, 0.3) is 0 Å². The number of carbonyl (C=O) groups is 1. The van der Waals surface area contributed by atoms with Gasteiger partial charge in [-0.05, 0) is 24.3 Å². The number of thioether (sulfide) groups is 1. The average Bonchev–Trinajstić information content (AvgIpc) is 2.80. The van der Waals surface area contributed by atoms with E-state index in [-0.39, 0.29) is 5.91 Å². The minimum atomic E-state index is -0.0419. The van der Waals surface area contributed by atoms with Crippen molar-refractivity contribution in [2.24, 2.45) is 0 Å². The van der Waals surface area contributed by atoms with Crippen LogP contribution in [0, 0.1) is 0 Å². The Bertz CT molecular complexity index is 391. The Balaban J connectivity index is 2.12. The Kier molecular flexibility index (Phi) is 3.33. The largest absolute Gasteiger partial charge is 0.384 e. The molecule has 1 fully saturated rings. The lowest BCUT2D eigenvalue weighted by molar-refractivity contribution is 0.0742. The molecule has 0 saturated carbocycles. The molecule has 2 rings (SSSR count). The molecule has 1 unspecified atom stereocenters. The SMILES string of the molecule is CN(C(=O)c1cccc(N)n1)C1CCSC1. The fourth-order valence-electron chi connectivity index (χ4n) is 1.74. The molecule has 1 atom stereocenters. The predicted octanol–water partition coefficient (Wildman–Crippen LogP) is 1.24. The zero-order chi connectivity index (χ0) is 11.5. The highest BCUT2D eigenvalue weighted by atomic mass is 32.2. The summed E-state index contributed by atoms with van der Waals surface area (Å²) in [6.07, 6.45) is 1.06. The summed E-state index contributed by atoms with van der Waals surface area (Å²) in [6.45, 7) is 0. The van der Waals surface area contributed by atoms with Crippen LogP contribution in [-0.2, 0) is 0 Å². The third-order valence-corrected chi connectivity index (χ3v) is 3.91. The molecule has 0 aliphatic carbocycles. The Hall–Kier alpha value is -1.23. The van der Waals surface area contributed by atoms with E-state index < -0.39 is 0 Å². The predicted molar refractivity (Wildman–Crippen MR) is 66.5 cm³/mol. The molecule has 0 radical (unpaired) electrons. The number of hydrogen-bond acceptors (Lipinski definition) is 4. The lowest BCUT2D eigenvalue weighted by atomic mass is 10.2. The van der Waals surface area contributed by atoms with Crippen LogP contribution in [0.1, 0.15) is 16.9 Å². The summed E-state index contributed by atoms with van der Waals surface area (Å²) in [5.41, 5.74) is 5.99. The molecule has 0 bridgehead atoms. The van der Waals surface area contributed by atoms with E-state index in [0.29, 0.717) is 17.6 Å². The summed E-state index contributed by atoms with van der Waals surface area (Å²) in [5.74, 6) is 2.50. The van der Waals surface area contributed by atoms with Crippen LogP contribution in [0.5, 0.6) is 0 Å². The second-order valence-corrected chi connectivity index (χ2v) is 5.03. The molecule has 4 nitrogen and oxygen atoms in total. The normalized spacial score (nSPS) is 19.7. The summed E-state index contributed by atoms with van der Waals surface area (Å²) in [6, 6.07) is 5.48. The molecule has 1 saturated heterocycles. The molecule has 1 aliphatic rings. The second kappa shape index (κ2) is 4.74. The minimum Gasteiger partial charge on any atom is -0.384 e. The van der Waals surface area contributed by atoms with Crippen LogP contribution in [0.2, 0.25) is 0 Å². The van der Waals surface area contributed by atoms with E-state index >= 15 is 0 Å². The lowest BCUT2D eigenvalue weighted by Gasteiger charge is -2.23. The molecular formula is C11H15N3OS. The van der Waals surface area contributed by atoms with Gasteiger partial charge >= 0.3 is 0 Å². The van der Waals surface area contributed by atoms with Crippen LogP contribution < -0.4 is 5.73 Å². The Morgan fingerprint density at radius 3 is 3.06 bits per heavy atom. The first-order valence-corrected chi connectivity index (χ1v) is 6.41. The number of pyridine rings is 1. The van der Waals surface area contributed by atoms with Crippen molar-refractivity contribution in [3.05, 3.63) is 23.9 Å². The molecular weight excluding hydrogens is 222 g/mol. The van der Waals surface area contributed by atoms with Crippen LogP contribution in [0.3, 0.4) is 0 Å². The van der Waals surface area contributed by atoms with Crippen molar-refractivity contribution >= 4 is 23.5 Å². The van der Waals surface area contributed by atoms with Gasteiger partial charge in [-0.1, -0.05) is 6.07 Å². The molecule has 0 aromatic carbocycles. The van der Waals surface area contributed by atoms with E-state index in [9.17, 15) is 4.79 Å². The molecule has 1 amide bonds. The molecule has 2 heterocycles. The number of aromatic nitrogens is 1. The highest BCUT2D eigenvalue weighted by Gasteiger charge is 2.25. The summed E-state index contributed by atoms with van der Waals surface area (Å²) < 4.78 is 0. The molecule has 1 aliphatic heterocycles. The van der Waals surface area contributed by atoms with Crippen molar-refractivity contribution < 1.29 is 4.79 Å². The number of nitrogens with two attached hydrogens (primary N) is 1. The zero-order valence-electron chi connectivity index (χ0n) is 9.22. The van der Waals surface area contributed by atoms with Gasteiger partial charge in [0.25, 0.3) is 5.91 Å². The summed E-state index contributed by atoms with van der Waals surface area (Å²) >= 11 is 1.89. The maximum Gasteiger partial charge on any atom is 0.272 e. The van der Waals surface area contributed by atoms with Gasteiger partial charge in [-0.3, -0.25) is 4.79 Å². The van der Waals surface area contributed by atoms with Gasteiger partial charge in [0.2, 0.25) is 0 Å². The van der Waals surface area contributed by atoms with Gasteiger partial charge in [-0.25, -0.2) is 4.98 Å². The van der Waals surface area contributed by atoms with E-state index in [1.165, 1.54) is 0 Å². The fourth-order valence-corrected chi connectivity index (χ4v) is 3.01. The standard InChI is InChI=1S/C11H15N3OS/c1-14(8-5-6-16-7-8)11(15)9-3-2-4-10(12)13-9/h2-4,8H,5-7H2,1H3,(H2,12,13). The van der Waals surface area contributed by atoms with Gasteiger partial charge < -0.3 is 10.6 Å². The highest BCUT2D eigenvalue weighted by Crippen LogP contribution is 2.22. The van der Waals surface area contributed by atoms with Gasteiger partial charge in [0.1, 0.15) is 11.5 Å². The number of nitrogens with zero attached hydrogens (tertiary/aromatic N) is 2. The molecule has 1 aromatic rings. The van der Waals surface area contributed by atoms with E-state index in [0.717, 1.165) is 17.9 Å². The van der Waals surface area contributed by atoms with Crippen molar-refractivity contribution in [1.82, 2.24) is 9.88 Å². The van der Waals surface area contributed by atoms with E-state index in [1.807, 2.05) is 18.8 Å². The van der Waals surface area contributed by atoms with Gasteiger partial charge in [0.15, 0.2) is 0 Å². The van der Waals surface area contributed by atoms with E-state index in [1.54, 1.807) is 23.1 Å². The highest BCUT2D eigenvalue weighted by molar-refractivity contribution is 7.99. The first-order valence-electron chi connectivity index (χ1n) is 5.26. The number of hydrogen-bond donors (Lipinski definition) is 1. The van der Waals surface area contributed by atoms with E-state index in [4.69, 9.17) is 5.73 Å². The maximum absolute atomic E-state index is 12.1. The maximum atomic E-state index is 12.1. The zero-order valence-corrected chi connectivity index (χ0v) is 10.0. The number of rotatable bonds is 2. The van der Waals surface area contributed by atoms with Gasteiger partial charge in [0.05, 0.1) is 0 Å². The van der Waals surface area contributed by atoms with Gasteiger partial charge in [0, 0.05) is 18.8 Å². The number of anilines is 1. The Labute approximate surface area is 99.2 Å². The Morgan fingerprint density at radius 2 is 2.44 bits per heavy atom. The summed E-state index contributed by atoms with van der Waals surface area (Å²) in [4.78, 5) is 17.9. The lowest BCUT2D eigenvalue weighted by Crippen LogP contribution is -2.37. The van der Waals surface area contributed by atoms with Gasteiger partial charge in [-0.2, -0.15) is 11.8 Å². The monoisotopic (exact) mass is 237 g/mol. The first kappa shape index (κ1) is 11.3. The molecule has 2 N–H and O–H groups in total. The Morgan fingerprint density at radius 1 is 1.62 bits per heavy atom. The van der Waals surface area contributed by atoms with E-state index in [2.05, 4.69) is 4.98 Å². The van der Waals surface area contributed by atoms with Crippen molar-refractivity contribution in [1.29, 1.82) is 0 Å². The number of carbonyl (C=O) groups excluding carboxylic acids is 1. The van der Waals surface area contributed by atoms with Crippen molar-refractivity contribution in [2.75, 3.05) is 24.3 Å². The fraction of sp³-hybridized carbons (Fsp3) is 0.455. The molecule has 1 aromatic heterocycles. The molecule has 5 heteroatoms. The van der Waals surface area contributed by atoms with Gasteiger partial charge in [-0.15, -0.1) is 0 Å². The molecule has 86 valence electrons. The van der Waals surface area contributed by atoms with Crippen molar-refractivity contribution in [3.63, 3.8) is 0 Å². The summed E-state index contributed by atoms with van der Waals surface area (Å²) in [7, 11) is 1.84. The van der Waals surface area contributed by atoms with Crippen molar-refractivity contribution in [2.45, 2.75) is 12.5 Å². The third kappa shape index (κ3) is 2.29. The number of amides is 1.